The van der Waals surface area contributed by atoms with E-state index in [0.717, 1.165) is 19.3 Å². The summed E-state index contributed by atoms with van der Waals surface area (Å²) in [5.41, 5.74) is 0.145. The van der Waals surface area contributed by atoms with E-state index in [1.807, 2.05) is 19.9 Å². The van der Waals surface area contributed by atoms with Crippen molar-refractivity contribution in [3.63, 3.8) is 0 Å². The molecule has 0 heterocycles. The maximum absolute atomic E-state index is 13.0. The minimum Gasteiger partial charge on any atom is -0.458 e. The van der Waals surface area contributed by atoms with Gasteiger partial charge in [0.15, 0.2) is 12.4 Å². The number of fused-ring (bicyclic) bond motifs is 5. The van der Waals surface area contributed by atoms with Gasteiger partial charge in [0.25, 0.3) is 0 Å². The Morgan fingerprint density at radius 1 is 1.31 bits per heavy atom. The van der Waals surface area contributed by atoms with Gasteiger partial charge >= 0.3 is 5.97 Å². The van der Waals surface area contributed by atoms with E-state index in [-0.39, 0.29) is 35.6 Å². The van der Waals surface area contributed by atoms with E-state index in [1.165, 1.54) is 18.1 Å². The molecule has 0 bridgehead atoms. The highest BCUT2D eigenvalue weighted by atomic mass is 16.5. The van der Waals surface area contributed by atoms with Crippen LogP contribution < -0.4 is 0 Å². The first-order chi connectivity index (χ1) is 13.5. The fourth-order valence-corrected chi connectivity index (χ4v) is 6.74. The maximum Gasteiger partial charge on any atom is 0.303 e. The second kappa shape index (κ2) is 6.49. The fraction of sp³-hybridized carbons (Fsp3) is 0.625. The molecule has 4 aliphatic rings. The van der Waals surface area contributed by atoms with Crippen LogP contribution in [0.2, 0.25) is 0 Å². The van der Waals surface area contributed by atoms with E-state index in [0.29, 0.717) is 6.42 Å². The molecule has 2 fully saturated rings. The molecular weight excluding hydrogens is 368 g/mol. The van der Waals surface area contributed by atoms with Gasteiger partial charge in [-0.25, -0.2) is 0 Å². The van der Waals surface area contributed by atoms with Gasteiger partial charge in [-0.3, -0.25) is 14.4 Å². The molecular formula is C24H30O5. The molecule has 6 atom stereocenters. The third-order valence-corrected chi connectivity index (χ3v) is 8.36. The number of hydrogen-bond acceptors (Lipinski definition) is 5. The quantitative estimate of drug-likeness (QED) is 0.583. The van der Waals surface area contributed by atoms with Gasteiger partial charge in [0.1, 0.15) is 5.60 Å². The van der Waals surface area contributed by atoms with Crippen molar-refractivity contribution < 1.29 is 24.2 Å². The highest BCUT2D eigenvalue weighted by Gasteiger charge is 2.67. The van der Waals surface area contributed by atoms with Gasteiger partial charge in [0.05, 0.1) is 0 Å². The van der Waals surface area contributed by atoms with E-state index in [2.05, 4.69) is 13.0 Å². The van der Waals surface area contributed by atoms with Crippen molar-refractivity contribution in [2.45, 2.75) is 59.0 Å². The number of esters is 1. The van der Waals surface area contributed by atoms with Gasteiger partial charge in [0.2, 0.25) is 5.78 Å². The maximum atomic E-state index is 13.0. The third-order valence-electron chi connectivity index (χ3n) is 8.36. The Morgan fingerprint density at radius 3 is 2.72 bits per heavy atom. The van der Waals surface area contributed by atoms with Crippen LogP contribution in [0.15, 0.2) is 35.5 Å². The normalized spacial score (nSPS) is 42.9. The summed E-state index contributed by atoms with van der Waals surface area (Å²) in [6, 6.07) is 0. The molecule has 0 amide bonds. The SMILES string of the molecule is CC(=O)OCC(=O)[C@]1(O)[C@H](C)C[C@@H]2[C@@H]3CCC4=CC(=O)C=C[C@@]4(C)C3=CC[C@]21C. The molecule has 2 saturated carbocycles. The zero-order valence-electron chi connectivity index (χ0n) is 17.7. The van der Waals surface area contributed by atoms with Crippen molar-refractivity contribution in [2.75, 3.05) is 6.61 Å². The molecule has 1 N–H and O–H groups in total. The predicted octanol–water partition coefficient (Wildman–Crippen LogP) is 3.32. The molecule has 0 spiro atoms. The molecule has 0 aromatic heterocycles. The van der Waals surface area contributed by atoms with Crippen molar-refractivity contribution in [3.8, 4) is 0 Å². The molecule has 0 aliphatic heterocycles. The number of rotatable bonds is 3. The fourth-order valence-electron chi connectivity index (χ4n) is 6.74. The number of ketones is 2. The van der Waals surface area contributed by atoms with Crippen LogP contribution in [0.1, 0.15) is 53.4 Å². The lowest BCUT2D eigenvalue weighted by molar-refractivity contribution is -0.167. The first-order valence-corrected chi connectivity index (χ1v) is 10.6. The monoisotopic (exact) mass is 398 g/mol. The molecule has 0 aromatic rings. The molecule has 5 heteroatoms. The Balaban J connectivity index is 1.71. The van der Waals surface area contributed by atoms with Gasteiger partial charge in [-0.2, -0.15) is 0 Å². The van der Waals surface area contributed by atoms with Crippen molar-refractivity contribution in [3.05, 3.63) is 35.5 Å². The number of ether oxygens (including phenoxy) is 1. The van der Waals surface area contributed by atoms with E-state index in [9.17, 15) is 19.5 Å². The van der Waals surface area contributed by atoms with Crippen LogP contribution in [0.4, 0.5) is 0 Å². The van der Waals surface area contributed by atoms with Crippen molar-refractivity contribution in [2.24, 2.45) is 28.6 Å². The summed E-state index contributed by atoms with van der Waals surface area (Å²) in [7, 11) is 0. The summed E-state index contributed by atoms with van der Waals surface area (Å²) in [6.07, 6.45) is 10.8. The van der Waals surface area contributed by atoms with Crippen LogP contribution in [0.3, 0.4) is 0 Å². The molecule has 5 nitrogen and oxygen atoms in total. The first-order valence-electron chi connectivity index (χ1n) is 10.6. The number of Topliss-reactive ketones (excluding diaryl/α,β-unsaturated/α-hetero) is 1. The summed E-state index contributed by atoms with van der Waals surface area (Å²) < 4.78 is 4.95. The zero-order valence-corrected chi connectivity index (χ0v) is 17.7. The summed E-state index contributed by atoms with van der Waals surface area (Å²) in [5.74, 6) is -0.621. The standard InChI is InChI=1S/C24H30O5/c1-14-11-20-18-6-5-16-12-17(26)7-9-22(16,3)19(18)8-10-23(20,4)24(14,28)21(27)13-29-15(2)25/h7-9,12,14,18,20,28H,5-6,10-11,13H2,1-4H3/t14-,18-,20-,22-,23-,24-/m1/s1. The van der Waals surface area contributed by atoms with E-state index in [4.69, 9.17) is 4.74 Å². The lowest BCUT2D eigenvalue weighted by atomic mass is 9.51. The van der Waals surface area contributed by atoms with Crippen LogP contribution >= 0.6 is 0 Å². The van der Waals surface area contributed by atoms with E-state index < -0.39 is 22.8 Å². The lowest BCUT2D eigenvalue weighted by Gasteiger charge is -2.53. The molecule has 4 rings (SSSR count). The Kier molecular flexibility index (Phi) is 4.54. The summed E-state index contributed by atoms with van der Waals surface area (Å²) in [5, 5.41) is 11.7. The second-order valence-electron chi connectivity index (χ2n) is 9.75. The van der Waals surface area contributed by atoms with Crippen LogP contribution in [-0.2, 0) is 19.1 Å². The topological polar surface area (TPSA) is 80.7 Å². The second-order valence-corrected chi connectivity index (χ2v) is 9.75. The van der Waals surface area contributed by atoms with Gasteiger partial charge in [0, 0.05) is 17.8 Å². The summed E-state index contributed by atoms with van der Waals surface area (Å²) in [6.45, 7) is 7.03. The summed E-state index contributed by atoms with van der Waals surface area (Å²) in [4.78, 5) is 36.1. The average Bonchev–Trinajstić information content (AvgIpc) is 2.88. The predicted molar refractivity (Wildman–Crippen MR) is 108 cm³/mol. The van der Waals surface area contributed by atoms with Crippen LogP contribution in [0, 0.1) is 28.6 Å². The highest BCUT2D eigenvalue weighted by molar-refractivity contribution is 6.01. The molecule has 29 heavy (non-hydrogen) atoms. The largest absolute Gasteiger partial charge is 0.458 e. The molecule has 4 aliphatic carbocycles. The van der Waals surface area contributed by atoms with Crippen molar-refractivity contribution in [1.29, 1.82) is 0 Å². The molecule has 0 aromatic carbocycles. The Hall–Kier alpha value is -2.01. The third kappa shape index (κ3) is 2.66. The van der Waals surface area contributed by atoms with Gasteiger partial charge < -0.3 is 9.84 Å². The first kappa shape index (κ1) is 20.3. The molecule has 0 radical (unpaired) electrons. The van der Waals surface area contributed by atoms with Gasteiger partial charge in [-0.05, 0) is 62.5 Å². The van der Waals surface area contributed by atoms with Crippen LogP contribution in [-0.4, -0.2) is 34.9 Å². The minimum absolute atomic E-state index is 0.0529. The number of carbonyl (C=O) groups excluding carboxylic acids is 3. The van der Waals surface area contributed by atoms with Gasteiger partial charge in [-0.15, -0.1) is 0 Å². The average molecular weight is 398 g/mol. The van der Waals surface area contributed by atoms with Crippen LogP contribution in [0.5, 0.6) is 0 Å². The molecule has 0 saturated heterocycles. The highest BCUT2D eigenvalue weighted by Crippen LogP contribution is 2.66. The smallest absolute Gasteiger partial charge is 0.303 e. The number of carbonyl (C=O) groups is 3. The molecule has 156 valence electrons. The van der Waals surface area contributed by atoms with Gasteiger partial charge in [-0.1, -0.05) is 37.1 Å². The minimum atomic E-state index is -1.51. The Labute approximate surface area is 171 Å². The van der Waals surface area contributed by atoms with Crippen molar-refractivity contribution in [1.82, 2.24) is 0 Å². The van der Waals surface area contributed by atoms with E-state index >= 15 is 0 Å². The number of hydrogen-bond donors (Lipinski definition) is 1. The molecule has 0 unspecified atom stereocenters. The number of aliphatic hydroxyl groups is 1. The van der Waals surface area contributed by atoms with Crippen LogP contribution in [0.25, 0.3) is 0 Å². The Morgan fingerprint density at radius 2 is 2.03 bits per heavy atom. The summed E-state index contributed by atoms with van der Waals surface area (Å²) >= 11 is 0. The lowest BCUT2D eigenvalue weighted by Crippen LogP contribution is -2.57. The number of allylic oxidation sites excluding steroid dienone is 6. The van der Waals surface area contributed by atoms with E-state index in [1.54, 1.807) is 12.2 Å². The van der Waals surface area contributed by atoms with Crippen molar-refractivity contribution >= 4 is 17.5 Å². The zero-order chi connectivity index (χ0) is 21.2. The Bertz CT molecular complexity index is 880.